The predicted molar refractivity (Wildman–Crippen MR) is 28.1 cm³/mol. The molecule has 0 atom stereocenters. The predicted octanol–water partition coefficient (Wildman–Crippen LogP) is 0.714. The van der Waals surface area contributed by atoms with Gasteiger partial charge in [0.1, 0.15) is 0 Å². The van der Waals surface area contributed by atoms with Crippen molar-refractivity contribution < 1.29 is 23.0 Å². The first kappa shape index (κ1) is 11.3. The van der Waals surface area contributed by atoms with Gasteiger partial charge in [0.25, 0.3) is 0 Å². The Kier molecular flexibility index (Phi) is 7.06. The van der Waals surface area contributed by atoms with Crippen molar-refractivity contribution in [3.8, 4) is 0 Å². The lowest BCUT2D eigenvalue weighted by Gasteiger charge is -1.94. The van der Waals surface area contributed by atoms with Crippen molar-refractivity contribution in [2.75, 3.05) is 6.54 Å². The number of hydrogen-bond donors (Lipinski definition) is 1. The molecule has 0 aliphatic carbocycles. The maximum atomic E-state index is 9.75. The van der Waals surface area contributed by atoms with Gasteiger partial charge in [-0.15, -0.1) is 0 Å². The second-order valence-electron chi connectivity index (χ2n) is 1.07. The molecule has 6 heteroatoms. The van der Waals surface area contributed by atoms with Crippen molar-refractivity contribution in [2.24, 2.45) is 0 Å². The van der Waals surface area contributed by atoms with Gasteiger partial charge in [-0.1, -0.05) is 6.58 Å². The largest absolute Gasteiger partial charge is 0.673 e. The van der Waals surface area contributed by atoms with Gasteiger partial charge in [0, 0.05) is 0 Å². The normalized spacial score (nSPS) is 9.44. The fraction of sp³-hybridized carbons (Fsp3) is 0.333. The van der Waals surface area contributed by atoms with Crippen LogP contribution in [0.1, 0.15) is 0 Å². The fourth-order valence-electron chi connectivity index (χ4n) is 0. The third-order valence-electron chi connectivity index (χ3n) is 0.204. The summed E-state index contributed by atoms with van der Waals surface area (Å²) in [6, 6.07) is 0. The highest BCUT2D eigenvalue weighted by atomic mass is 19.5. The Morgan fingerprint density at radius 1 is 1.33 bits per heavy atom. The average Bonchev–Trinajstić information content (AvgIpc) is 1.61. The van der Waals surface area contributed by atoms with Gasteiger partial charge < -0.3 is 23.0 Å². The average molecular weight is 145 g/mol. The quantitative estimate of drug-likeness (QED) is 0.319. The van der Waals surface area contributed by atoms with Gasteiger partial charge in [-0.05, 0) is 6.08 Å². The Morgan fingerprint density at radius 2 is 1.44 bits per heavy atom. The molecule has 0 rings (SSSR count). The second kappa shape index (κ2) is 5.62. The number of halogens is 4. The van der Waals surface area contributed by atoms with Crippen LogP contribution in [0.5, 0.6) is 0 Å². The highest BCUT2D eigenvalue weighted by Gasteiger charge is 2.20. The summed E-state index contributed by atoms with van der Waals surface area (Å²) in [7, 11) is -6.00. The molecule has 0 heterocycles. The van der Waals surface area contributed by atoms with Crippen molar-refractivity contribution in [2.45, 2.75) is 0 Å². The Bertz CT molecular complexity index is 64.7. The van der Waals surface area contributed by atoms with E-state index in [1.807, 2.05) is 0 Å². The zero-order valence-corrected chi connectivity index (χ0v) is 4.79. The van der Waals surface area contributed by atoms with Crippen LogP contribution in [-0.2, 0) is 0 Å². The third kappa shape index (κ3) is 958. The van der Waals surface area contributed by atoms with Crippen LogP contribution >= 0.6 is 0 Å². The van der Waals surface area contributed by atoms with Crippen LogP contribution in [0.25, 0.3) is 0 Å². The van der Waals surface area contributed by atoms with Crippen molar-refractivity contribution >= 4 is 7.25 Å². The molecule has 0 aromatic carbocycles. The van der Waals surface area contributed by atoms with E-state index in [1.54, 1.807) is 6.08 Å². The van der Waals surface area contributed by atoms with E-state index in [4.69, 9.17) is 0 Å². The van der Waals surface area contributed by atoms with E-state index >= 15 is 0 Å². The summed E-state index contributed by atoms with van der Waals surface area (Å²) in [5, 5.41) is 0. The first-order chi connectivity index (χ1) is 3.91. The molecule has 0 unspecified atom stereocenters. The van der Waals surface area contributed by atoms with Crippen molar-refractivity contribution in [3.63, 3.8) is 0 Å². The van der Waals surface area contributed by atoms with E-state index in [0.29, 0.717) is 0 Å². The molecule has 0 aliphatic rings. The topological polar surface area (TPSA) is 27.6 Å². The van der Waals surface area contributed by atoms with Crippen LogP contribution in [0.15, 0.2) is 12.7 Å². The monoisotopic (exact) mass is 145 g/mol. The van der Waals surface area contributed by atoms with E-state index in [2.05, 4.69) is 12.3 Å². The molecule has 0 spiro atoms. The number of hydrogen-bond acceptors (Lipinski definition) is 0. The summed E-state index contributed by atoms with van der Waals surface area (Å²) in [5.41, 5.74) is 3.49. The van der Waals surface area contributed by atoms with Crippen LogP contribution in [0.2, 0.25) is 0 Å². The SMILES string of the molecule is C=CC[NH3+].F[B-](F)(F)F. The lowest BCUT2D eigenvalue weighted by molar-refractivity contribution is -0.352. The summed E-state index contributed by atoms with van der Waals surface area (Å²) in [5.74, 6) is 0. The molecular formula is C3H8BF4N. The second-order valence-corrected chi connectivity index (χ2v) is 1.07. The first-order valence-corrected chi connectivity index (χ1v) is 2.19. The van der Waals surface area contributed by atoms with Crippen LogP contribution in [0, 0.1) is 0 Å². The van der Waals surface area contributed by atoms with Gasteiger partial charge in [0.15, 0.2) is 0 Å². The minimum Gasteiger partial charge on any atom is -0.418 e. The fourth-order valence-corrected chi connectivity index (χ4v) is 0. The zero-order valence-electron chi connectivity index (χ0n) is 4.79. The number of quaternary nitrogens is 1. The minimum atomic E-state index is -6.00. The standard InChI is InChI=1S/C3H7N.BF4/c1-2-3-4;2-1(3,4)5/h2H,1,3-4H2;/q;-1/p+1. The van der Waals surface area contributed by atoms with E-state index in [-0.39, 0.29) is 0 Å². The van der Waals surface area contributed by atoms with Crippen molar-refractivity contribution in [1.29, 1.82) is 0 Å². The van der Waals surface area contributed by atoms with E-state index in [9.17, 15) is 17.3 Å². The van der Waals surface area contributed by atoms with E-state index in [1.165, 1.54) is 0 Å². The Hall–Kier alpha value is -0.515. The summed E-state index contributed by atoms with van der Waals surface area (Å²) >= 11 is 0. The van der Waals surface area contributed by atoms with Gasteiger partial charge >= 0.3 is 7.25 Å². The van der Waals surface area contributed by atoms with Crippen LogP contribution in [0.4, 0.5) is 17.3 Å². The smallest absolute Gasteiger partial charge is 0.418 e. The van der Waals surface area contributed by atoms with Crippen LogP contribution < -0.4 is 5.73 Å². The van der Waals surface area contributed by atoms with Gasteiger partial charge in [-0.25, -0.2) is 0 Å². The van der Waals surface area contributed by atoms with Crippen LogP contribution in [0.3, 0.4) is 0 Å². The first-order valence-electron chi connectivity index (χ1n) is 2.19. The molecule has 9 heavy (non-hydrogen) atoms. The number of rotatable bonds is 1. The van der Waals surface area contributed by atoms with Gasteiger partial charge in [-0.2, -0.15) is 0 Å². The lowest BCUT2D eigenvalue weighted by atomic mass is 10.3. The Morgan fingerprint density at radius 3 is 1.44 bits per heavy atom. The molecule has 0 saturated heterocycles. The summed E-state index contributed by atoms with van der Waals surface area (Å²) < 4.78 is 39.0. The van der Waals surface area contributed by atoms with Gasteiger partial charge in [0.05, 0.1) is 6.54 Å². The lowest BCUT2D eigenvalue weighted by Crippen LogP contribution is -2.48. The van der Waals surface area contributed by atoms with E-state index in [0.717, 1.165) is 6.54 Å². The summed E-state index contributed by atoms with van der Waals surface area (Å²) in [6.07, 6.45) is 1.76. The molecule has 0 bridgehead atoms. The van der Waals surface area contributed by atoms with Gasteiger partial charge in [-0.3, -0.25) is 0 Å². The van der Waals surface area contributed by atoms with Gasteiger partial charge in [0.2, 0.25) is 0 Å². The molecular weight excluding hydrogens is 137 g/mol. The Labute approximate surface area is 50.6 Å². The highest BCUT2D eigenvalue weighted by Crippen LogP contribution is 2.06. The highest BCUT2D eigenvalue weighted by molar-refractivity contribution is 6.50. The van der Waals surface area contributed by atoms with Crippen molar-refractivity contribution in [1.82, 2.24) is 0 Å². The molecule has 3 N–H and O–H groups in total. The molecule has 0 fully saturated rings. The molecule has 1 nitrogen and oxygen atoms in total. The minimum absolute atomic E-state index is 0.833. The molecule has 56 valence electrons. The third-order valence-corrected chi connectivity index (χ3v) is 0.204. The van der Waals surface area contributed by atoms with E-state index < -0.39 is 7.25 Å². The molecule has 0 aromatic rings. The van der Waals surface area contributed by atoms with Crippen LogP contribution in [-0.4, -0.2) is 13.8 Å². The molecule has 0 radical (unpaired) electrons. The summed E-state index contributed by atoms with van der Waals surface area (Å²) in [6.45, 7) is 4.25. The summed E-state index contributed by atoms with van der Waals surface area (Å²) in [4.78, 5) is 0. The maximum Gasteiger partial charge on any atom is 0.673 e. The molecule has 0 aliphatic heterocycles. The van der Waals surface area contributed by atoms with Crippen molar-refractivity contribution in [3.05, 3.63) is 12.7 Å². The molecule has 0 aromatic heterocycles. The zero-order chi connectivity index (χ0) is 7.91. The Balaban J connectivity index is 0. The molecule has 0 amide bonds. The molecule has 0 saturated carbocycles. The maximum absolute atomic E-state index is 9.75.